The number of esters is 2. The number of amides is 2. The molecule has 16 nitrogen and oxygen atoms in total. The first-order valence-corrected chi connectivity index (χ1v) is 32.6. The second-order valence-electron chi connectivity index (χ2n) is 24.2. The van der Waals surface area contributed by atoms with Gasteiger partial charge in [-0.15, -0.1) is 11.8 Å². The third kappa shape index (κ3) is 16.3. The van der Waals surface area contributed by atoms with Crippen LogP contribution < -0.4 is 20.3 Å². The van der Waals surface area contributed by atoms with Gasteiger partial charge in [0.25, 0.3) is 15.9 Å². The molecule has 0 bridgehead atoms. The van der Waals surface area contributed by atoms with Gasteiger partial charge >= 0.3 is 24.0 Å². The lowest BCUT2D eigenvalue weighted by atomic mass is 9.89. The number of carbonyl (C=O) groups is 5. The van der Waals surface area contributed by atoms with Crippen LogP contribution in [0.1, 0.15) is 166 Å². The zero-order valence-corrected chi connectivity index (χ0v) is 54.9. The van der Waals surface area contributed by atoms with Crippen LogP contribution in [0, 0.1) is 28.7 Å². The molecule has 5 aromatic carbocycles. The third-order valence-corrected chi connectivity index (χ3v) is 18.0. The smallest absolute Gasteiger partial charge is 0.407 e. The molecule has 0 radical (unpaired) electrons. The summed E-state index contributed by atoms with van der Waals surface area (Å²) < 4.78 is 117. The molecule has 0 saturated carbocycles. The van der Waals surface area contributed by atoms with Crippen LogP contribution in [0.15, 0.2) is 116 Å². The Labute approximate surface area is 532 Å². The molecule has 91 heavy (non-hydrogen) atoms. The first-order valence-electron chi connectivity index (χ1n) is 30.1. The van der Waals surface area contributed by atoms with Crippen LogP contribution in [-0.4, -0.2) is 81.1 Å². The fourth-order valence-electron chi connectivity index (χ4n) is 10.3. The van der Waals surface area contributed by atoms with Gasteiger partial charge in [0.2, 0.25) is 0 Å². The SMILES string of the molecule is CCC(C)(C)C(=O)OCCNC(=O)OCC(CSc1c(F)c(F)c(S(=O)(=O)NC(=O)c2ccccc2-c2c3cc/c(=N\c4c(C(C)C)cccc4C(C)C)cc-3oc3cc(N(c4c(C(C)C)cccc4C(C)C)C(C)C)ccc23)c(F)c1F)OC(=O)CCC(=O)O. The van der Waals surface area contributed by atoms with Crippen molar-refractivity contribution in [2.75, 3.05) is 30.4 Å². The van der Waals surface area contributed by atoms with Crippen molar-refractivity contribution < 1.29 is 73.7 Å². The number of hydrogen-bond donors (Lipinski definition) is 3. The average molecular weight is 1300 g/mol. The summed E-state index contributed by atoms with van der Waals surface area (Å²) in [5.74, 6) is -13.6. The van der Waals surface area contributed by atoms with Crippen LogP contribution in [-0.2, 0) is 38.6 Å². The molecule has 1 aliphatic heterocycles. The molecule has 2 amide bonds. The maximum Gasteiger partial charge on any atom is 0.407 e. The van der Waals surface area contributed by atoms with E-state index in [0.29, 0.717) is 39.6 Å². The van der Waals surface area contributed by atoms with Crippen molar-refractivity contribution in [3.63, 3.8) is 0 Å². The number of ether oxygens (including phenoxy) is 3. The summed E-state index contributed by atoms with van der Waals surface area (Å²) in [5.41, 5.74) is 7.24. The summed E-state index contributed by atoms with van der Waals surface area (Å²) in [7, 11) is -5.83. The number of para-hydroxylation sites is 2. The Morgan fingerprint density at radius 3 is 1.88 bits per heavy atom. The maximum atomic E-state index is 16.3. The van der Waals surface area contributed by atoms with Gasteiger partial charge in [0.1, 0.15) is 30.7 Å². The minimum absolute atomic E-state index is 0.00722. The van der Waals surface area contributed by atoms with E-state index in [1.54, 1.807) is 55.8 Å². The molecule has 2 aliphatic rings. The molecule has 1 heterocycles. The number of fused-ring (bicyclic) bond motifs is 2. The highest BCUT2D eigenvalue weighted by Gasteiger charge is 2.37. The van der Waals surface area contributed by atoms with E-state index in [9.17, 15) is 32.4 Å². The van der Waals surface area contributed by atoms with E-state index in [4.69, 9.17) is 28.7 Å². The molecule has 0 aromatic heterocycles. The average Bonchev–Trinajstić information content (AvgIpc) is 0.757. The number of nitrogens with zero attached hydrogens (tertiary/aromatic N) is 2. The normalized spacial score (nSPS) is 12.6. The van der Waals surface area contributed by atoms with Crippen LogP contribution in [0.4, 0.5) is 39.4 Å². The molecule has 1 aliphatic carbocycles. The van der Waals surface area contributed by atoms with Gasteiger partial charge in [0.15, 0.2) is 28.2 Å². The van der Waals surface area contributed by atoms with E-state index in [-0.39, 0.29) is 65.8 Å². The fourth-order valence-corrected chi connectivity index (χ4v) is 12.4. The molecular formula is C69H78F4N4O12S2. The highest BCUT2D eigenvalue weighted by molar-refractivity contribution is 7.99. The van der Waals surface area contributed by atoms with E-state index in [2.05, 4.69) is 97.7 Å². The van der Waals surface area contributed by atoms with Crippen molar-refractivity contribution in [1.29, 1.82) is 0 Å². The number of hydrogen-bond acceptors (Lipinski definition) is 14. The van der Waals surface area contributed by atoms with Gasteiger partial charge in [-0.1, -0.05) is 117 Å². The lowest BCUT2D eigenvalue weighted by Crippen LogP contribution is -2.34. The summed E-state index contributed by atoms with van der Waals surface area (Å²) in [6.07, 6.45) is -3.68. The number of carbonyl (C=O) groups excluding carboxylic acids is 4. The summed E-state index contributed by atoms with van der Waals surface area (Å²) in [5, 5.41) is 12.4. The number of thioether (sulfide) groups is 1. The zero-order valence-electron chi connectivity index (χ0n) is 53.3. The number of alkyl carbamates (subject to hydrolysis) is 1. The number of anilines is 2. The Bertz CT molecular complexity index is 3950. The van der Waals surface area contributed by atoms with Crippen molar-refractivity contribution in [2.45, 2.75) is 155 Å². The molecule has 3 N–H and O–H groups in total. The number of sulfonamides is 1. The molecule has 486 valence electrons. The van der Waals surface area contributed by atoms with Crippen molar-refractivity contribution in [3.8, 4) is 22.5 Å². The van der Waals surface area contributed by atoms with E-state index >= 15 is 17.6 Å². The second kappa shape index (κ2) is 29.8. The Kier molecular flexibility index (Phi) is 23.0. The molecule has 22 heteroatoms. The Morgan fingerprint density at radius 1 is 0.714 bits per heavy atom. The molecule has 1 unspecified atom stereocenters. The number of rotatable bonds is 26. The fraction of sp³-hybridized carbons (Fsp3) is 0.391. The van der Waals surface area contributed by atoms with Crippen molar-refractivity contribution in [3.05, 3.63) is 154 Å². The monoisotopic (exact) mass is 1290 g/mol. The van der Waals surface area contributed by atoms with Gasteiger partial charge < -0.3 is 34.0 Å². The summed E-state index contributed by atoms with van der Waals surface area (Å²) in [4.78, 5) is 67.1. The van der Waals surface area contributed by atoms with Gasteiger partial charge in [-0.3, -0.25) is 19.2 Å². The van der Waals surface area contributed by atoms with Crippen molar-refractivity contribution in [1.82, 2.24) is 10.0 Å². The molecule has 0 spiro atoms. The standard InChI is InChI=1S/C69H78F4N4O12S2/c1-14-69(12,13)67(82)86-32-31-74-68(83)87-35-44(88-56(80)30-29-55(78)79)36-90-64-58(70)60(72)65(61(73)59(64)71)91(84,85)76-66(81)50-20-16-15-19-49(50)57-51-27-25-42(75-62-45(37(2)3)21-17-22-46(62)38(4)5)33-53(51)89-54-34-43(26-28-52(54)57)77(41(10)11)63-47(39(6)7)23-18-24-48(63)40(8)9/h15-28,33-34,37-41,44H,14,29-32,35-36H2,1-13H3,(H,74,83)(H,76,81)(H,78,79)/b75-42+. The summed E-state index contributed by atoms with van der Waals surface area (Å²) in [6, 6.07) is 29.2. The van der Waals surface area contributed by atoms with Crippen LogP contribution in [0.5, 0.6) is 0 Å². The highest BCUT2D eigenvalue weighted by Crippen LogP contribution is 2.46. The Hall–Kier alpha value is -8.24. The minimum Gasteiger partial charge on any atom is -0.481 e. The van der Waals surface area contributed by atoms with Gasteiger partial charge in [-0.2, -0.15) is 0 Å². The molecule has 0 fully saturated rings. The van der Waals surface area contributed by atoms with E-state index in [1.165, 1.54) is 12.1 Å². The Balaban J connectivity index is 1.27. The van der Waals surface area contributed by atoms with E-state index in [1.807, 2.05) is 36.4 Å². The molecule has 1 atom stereocenters. The predicted octanol–water partition coefficient (Wildman–Crippen LogP) is 15.7. The Morgan fingerprint density at radius 2 is 1.31 bits per heavy atom. The number of halogens is 4. The number of carboxylic acid groups (broad SMARTS) is 1. The predicted molar refractivity (Wildman–Crippen MR) is 343 cm³/mol. The number of aliphatic carboxylic acids is 1. The van der Waals surface area contributed by atoms with Crippen LogP contribution in [0.25, 0.3) is 33.4 Å². The van der Waals surface area contributed by atoms with Gasteiger partial charge in [-0.25, -0.2) is 40.5 Å². The van der Waals surface area contributed by atoms with E-state index in [0.717, 1.165) is 39.3 Å². The molecule has 7 rings (SSSR count). The van der Waals surface area contributed by atoms with Crippen LogP contribution >= 0.6 is 11.8 Å². The van der Waals surface area contributed by atoms with Crippen LogP contribution in [0.2, 0.25) is 0 Å². The quantitative estimate of drug-likeness (QED) is 0.00874. The lowest BCUT2D eigenvalue weighted by molar-refractivity contribution is -0.154. The topological polar surface area (TPSA) is 220 Å². The van der Waals surface area contributed by atoms with Crippen molar-refractivity contribution in [2.24, 2.45) is 10.4 Å². The van der Waals surface area contributed by atoms with Gasteiger partial charge in [0.05, 0.1) is 40.7 Å². The third-order valence-electron chi connectivity index (χ3n) is 15.5. The minimum atomic E-state index is -5.83. The van der Waals surface area contributed by atoms with Gasteiger partial charge in [-0.05, 0) is 116 Å². The zero-order chi connectivity index (χ0) is 67.0. The van der Waals surface area contributed by atoms with Gasteiger partial charge in [0, 0.05) is 57.4 Å². The molecule has 0 saturated heterocycles. The molecular weight excluding hydrogens is 1220 g/mol. The molecule has 5 aromatic rings. The van der Waals surface area contributed by atoms with Crippen molar-refractivity contribution >= 4 is 79.7 Å². The number of benzene rings is 6. The first-order chi connectivity index (χ1) is 42.9. The maximum absolute atomic E-state index is 16.3. The van der Waals surface area contributed by atoms with E-state index < -0.39 is 110 Å². The summed E-state index contributed by atoms with van der Waals surface area (Å²) >= 11 is 0.00722. The number of nitrogens with one attached hydrogen (secondary N) is 2. The lowest BCUT2D eigenvalue weighted by Gasteiger charge is -2.35. The second-order valence-corrected chi connectivity index (χ2v) is 26.9. The number of carboxylic acids is 1. The largest absolute Gasteiger partial charge is 0.481 e. The van der Waals surface area contributed by atoms with Crippen LogP contribution in [0.3, 0.4) is 0 Å². The highest BCUT2D eigenvalue weighted by atomic mass is 32.2. The summed E-state index contributed by atoms with van der Waals surface area (Å²) in [6.45, 7) is 24.9. The first kappa shape index (κ1) is 70.2.